The molecule has 0 saturated heterocycles. The first-order valence-electron chi connectivity index (χ1n) is 3.91. The van der Waals surface area contributed by atoms with Gasteiger partial charge in [-0.2, -0.15) is 0 Å². The number of carbonyl (C=O) groups is 1. The van der Waals surface area contributed by atoms with E-state index in [1.165, 1.54) is 21.8 Å². The topological polar surface area (TPSA) is 65.4 Å². The van der Waals surface area contributed by atoms with Gasteiger partial charge in [-0.05, 0) is 0 Å². The van der Waals surface area contributed by atoms with Crippen LogP contribution >= 0.6 is 0 Å². The first kappa shape index (κ1) is 10.6. The Labute approximate surface area is 82.5 Å². The summed E-state index contributed by atoms with van der Waals surface area (Å²) in [7, 11) is 5.89. The van der Waals surface area contributed by atoms with E-state index < -0.39 is 5.97 Å². The number of rotatable bonds is 4. The third-order valence-corrected chi connectivity index (χ3v) is 1.57. The molecule has 0 aliphatic heterocycles. The Kier molecular flexibility index (Phi) is 3.52. The normalized spacial score (nSPS) is 9.64. The van der Waals surface area contributed by atoms with E-state index >= 15 is 0 Å². The van der Waals surface area contributed by atoms with Crippen LogP contribution in [0.1, 0.15) is 10.6 Å². The molecule has 14 heavy (non-hydrogen) atoms. The number of nitrogens with one attached hydrogen (secondary N) is 1. The molecule has 0 unspecified atom stereocenters. The molecule has 0 aliphatic rings. The number of nitrogens with zero attached hydrogens (tertiary/aromatic N) is 2. The third kappa shape index (κ3) is 2.26. The maximum Gasteiger partial charge on any atom is 0.437 e. The van der Waals surface area contributed by atoms with E-state index in [4.69, 9.17) is 0 Å². The van der Waals surface area contributed by atoms with Crippen LogP contribution < -0.4 is 5.23 Å². The van der Waals surface area contributed by atoms with Crippen LogP contribution in [0.15, 0.2) is 6.20 Å². The van der Waals surface area contributed by atoms with E-state index in [1.54, 1.807) is 17.8 Å². The molecule has 0 bridgehead atoms. The molecule has 0 fully saturated rings. The minimum absolute atomic E-state index is 0.236. The van der Waals surface area contributed by atoms with Gasteiger partial charge >= 0.3 is 13.6 Å². The largest absolute Gasteiger partial charge is 0.463 e. The molecule has 1 heterocycles. The molecule has 1 radical (unpaired) electrons. The highest BCUT2D eigenvalue weighted by atomic mass is 16.5. The maximum atomic E-state index is 11.1. The quantitative estimate of drug-likeness (QED) is 0.533. The van der Waals surface area contributed by atoms with E-state index in [1.807, 2.05) is 0 Å². The fourth-order valence-electron chi connectivity index (χ4n) is 0.936. The highest BCUT2D eigenvalue weighted by Gasteiger charge is 2.13. The summed E-state index contributed by atoms with van der Waals surface area (Å²) in [4.78, 5) is 15.1. The van der Waals surface area contributed by atoms with Gasteiger partial charge < -0.3 is 19.2 Å². The van der Waals surface area contributed by atoms with Crippen LogP contribution in [0.3, 0.4) is 0 Å². The van der Waals surface area contributed by atoms with Gasteiger partial charge in [0.2, 0.25) is 5.82 Å². The van der Waals surface area contributed by atoms with Crippen molar-refractivity contribution in [3.63, 3.8) is 0 Å². The molecule has 0 aromatic carbocycles. The van der Waals surface area contributed by atoms with Crippen molar-refractivity contribution < 1.29 is 14.2 Å². The number of carbonyl (C=O) groups excluding carboxylic acids is 1. The highest BCUT2D eigenvalue weighted by molar-refractivity contribution is 6.32. The Balaban J connectivity index is 2.77. The van der Waals surface area contributed by atoms with Gasteiger partial charge in [0.25, 0.3) is 0 Å². The summed E-state index contributed by atoms with van der Waals surface area (Å²) in [5.41, 5.74) is 0. The van der Waals surface area contributed by atoms with Crippen molar-refractivity contribution in [2.45, 2.75) is 0 Å². The first-order chi connectivity index (χ1) is 6.69. The summed E-state index contributed by atoms with van der Waals surface area (Å²) in [5.74, 6) is 0.284. The number of hydrogen-bond acceptors (Lipinski definition) is 5. The monoisotopic (exact) mass is 196 g/mol. The number of anilines is 1. The molecular weight excluding hydrogens is 185 g/mol. The molecule has 1 aromatic rings. The van der Waals surface area contributed by atoms with Crippen LogP contribution in [0, 0.1) is 0 Å². The second-order valence-corrected chi connectivity index (χ2v) is 2.55. The van der Waals surface area contributed by atoms with Gasteiger partial charge in [-0.25, -0.2) is 9.78 Å². The molecule has 7 heteroatoms. The van der Waals surface area contributed by atoms with Gasteiger partial charge in [0.05, 0.1) is 7.11 Å². The first-order valence-corrected chi connectivity index (χ1v) is 3.91. The number of hydrogen-bond donors (Lipinski definition) is 1. The third-order valence-electron chi connectivity index (χ3n) is 1.57. The summed E-state index contributed by atoms with van der Waals surface area (Å²) in [6, 6.07) is 0. The minimum Gasteiger partial charge on any atom is -0.463 e. The average Bonchev–Trinajstić information content (AvgIpc) is 2.55. The Hall–Kier alpha value is -1.50. The standard InChI is InChI=1S/C7H11BN3O3/c1-11-4-5(10-8-14-3)9-6(11)7(12)13-2/h4,10H,1-3H3. The van der Waals surface area contributed by atoms with E-state index in [-0.39, 0.29) is 5.82 Å². The number of esters is 1. The Morgan fingerprint density at radius 3 is 2.93 bits per heavy atom. The Bertz CT molecular complexity index is 326. The number of ether oxygens (including phenoxy) is 1. The molecule has 75 valence electrons. The summed E-state index contributed by atoms with van der Waals surface area (Å²) < 4.78 is 10.8. The second-order valence-electron chi connectivity index (χ2n) is 2.55. The molecule has 0 saturated carbocycles. The number of methoxy groups -OCH3 is 1. The van der Waals surface area contributed by atoms with Crippen LogP contribution in [0.5, 0.6) is 0 Å². The maximum absolute atomic E-state index is 11.1. The molecule has 6 nitrogen and oxygen atoms in total. The summed E-state index contributed by atoms with van der Waals surface area (Å²) in [6.07, 6.45) is 1.65. The summed E-state index contributed by atoms with van der Waals surface area (Å²) >= 11 is 0. The van der Waals surface area contributed by atoms with Crippen LogP contribution in [-0.2, 0) is 16.4 Å². The van der Waals surface area contributed by atoms with Gasteiger partial charge in [-0.15, -0.1) is 0 Å². The smallest absolute Gasteiger partial charge is 0.437 e. The van der Waals surface area contributed by atoms with Crippen molar-refractivity contribution in [2.24, 2.45) is 7.05 Å². The fraction of sp³-hybridized carbons (Fsp3) is 0.429. The highest BCUT2D eigenvalue weighted by Crippen LogP contribution is 2.06. The lowest BCUT2D eigenvalue weighted by atomic mass is 10.3. The van der Waals surface area contributed by atoms with Crippen molar-refractivity contribution in [2.75, 3.05) is 19.4 Å². The zero-order valence-electron chi connectivity index (χ0n) is 8.27. The van der Waals surface area contributed by atoms with Crippen molar-refractivity contribution in [3.8, 4) is 0 Å². The van der Waals surface area contributed by atoms with Crippen molar-refractivity contribution in [1.29, 1.82) is 0 Å². The van der Waals surface area contributed by atoms with Gasteiger partial charge in [0.15, 0.2) is 0 Å². The Morgan fingerprint density at radius 2 is 2.36 bits per heavy atom. The predicted octanol–water partition coefficient (Wildman–Crippen LogP) is -0.201. The number of aromatic nitrogens is 2. The average molecular weight is 196 g/mol. The molecule has 0 spiro atoms. The zero-order valence-corrected chi connectivity index (χ0v) is 8.27. The fourth-order valence-corrected chi connectivity index (χ4v) is 0.936. The molecule has 1 aromatic heterocycles. The van der Waals surface area contributed by atoms with E-state index in [0.717, 1.165) is 0 Å². The SMILES string of the molecule is CO[B]Nc1cn(C)c(C(=O)OC)n1. The minimum atomic E-state index is -0.474. The lowest BCUT2D eigenvalue weighted by molar-refractivity contribution is 0.0583. The second kappa shape index (κ2) is 4.66. The van der Waals surface area contributed by atoms with Crippen LogP contribution in [0.4, 0.5) is 5.82 Å². The Morgan fingerprint density at radius 1 is 1.64 bits per heavy atom. The molecule has 1 N–H and O–H groups in total. The molecule has 0 atom stereocenters. The van der Waals surface area contributed by atoms with Crippen LogP contribution in [0.2, 0.25) is 0 Å². The molecular formula is C7H11BN3O3. The molecule has 1 rings (SSSR count). The van der Waals surface area contributed by atoms with Crippen molar-refractivity contribution in [3.05, 3.63) is 12.0 Å². The number of imidazole rings is 1. The summed E-state index contributed by atoms with van der Waals surface area (Å²) in [6.45, 7) is 0. The summed E-state index contributed by atoms with van der Waals surface area (Å²) in [5, 5.41) is 2.75. The lowest BCUT2D eigenvalue weighted by Gasteiger charge is -1.96. The van der Waals surface area contributed by atoms with Gasteiger partial charge in [0.1, 0.15) is 5.82 Å². The van der Waals surface area contributed by atoms with Gasteiger partial charge in [-0.1, -0.05) is 0 Å². The van der Waals surface area contributed by atoms with E-state index in [0.29, 0.717) is 5.82 Å². The lowest BCUT2D eigenvalue weighted by Crippen LogP contribution is -2.10. The predicted molar refractivity (Wildman–Crippen MR) is 50.9 cm³/mol. The molecule has 0 amide bonds. The zero-order chi connectivity index (χ0) is 10.6. The van der Waals surface area contributed by atoms with Gasteiger partial charge in [-0.3, -0.25) is 0 Å². The van der Waals surface area contributed by atoms with Crippen molar-refractivity contribution in [1.82, 2.24) is 9.55 Å². The van der Waals surface area contributed by atoms with Gasteiger partial charge in [0, 0.05) is 20.4 Å². The van der Waals surface area contributed by atoms with E-state index in [9.17, 15) is 4.79 Å². The number of aryl methyl sites for hydroxylation is 1. The van der Waals surface area contributed by atoms with Crippen molar-refractivity contribution >= 4 is 19.4 Å². The van der Waals surface area contributed by atoms with Crippen LogP contribution in [0.25, 0.3) is 0 Å². The van der Waals surface area contributed by atoms with Crippen LogP contribution in [-0.4, -0.2) is 37.4 Å². The molecule has 0 aliphatic carbocycles. The van der Waals surface area contributed by atoms with E-state index in [2.05, 4.69) is 19.6 Å².